The van der Waals surface area contributed by atoms with E-state index in [4.69, 9.17) is 11.6 Å². The van der Waals surface area contributed by atoms with Gasteiger partial charge in [0, 0.05) is 35.7 Å². The van der Waals surface area contributed by atoms with Crippen LogP contribution < -0.4 is 16.6 Å². The molecule has 37 heavy (non-hydrogen) atoms. The Hall–Kier alpha value is -3.99. The zero-order valence-corrected chi connectivity index (χ0v) is 20.4. The fourth-order valence-corrected chi connectivity index (χ4v) is 4.51. The molecule has 0 atom stereocenters. The molecular weight excluding hydrogens is 509 g/mol. The number of nitrogens with one attached hydrogen (secondary N) is 2. The molecule has 3 heterocycles. The Bertz CT molecular complexity index is 1710. The number of fused-ring (bicyclic) bond motifs is 2. The van der Waals surface area contributed by atoms with E-state index in [1.165, 1.54) is 4.57 Å². The van der Waals surface area contributed by atoms with Crippen molar-refractivity contribution < 1.29 is 13.2 Å². The van der Waals surface area contributed by atoms with Crippen LogP contribution in [0.2, 0.25) is 5.02 Å². The number of alkyl halides is 3. The zero-order valence-electron chi connectivity index (χ0n) is 19.6. The van der Waals surface area contributed by atoms with Crippen LogP contribution in [0.1, 0.15) is 11.1 Å². The minimum absolute atomic E-state index is 0.101. The third-order valence-corrected chi connectivity index (χ3v) is 6.43. The lowest BCUT2D eigenvalue weighted by molar-refractivity contribution is -0.140. The van der Waals surface area contributed by atoms with E-state index in [1.807, 2.05) is 30.5 Å². The van der Waals surface area contributed by atoms with E-state index in [9.17, 15) is 22.8 Å². The number of benzene rings is 2. The lowest BCUT2D eigenvalue weighted by atomic mass is 10.1. The van der Waals surface area contributed by atoms with Crippen molar-refractivity contribution in [2.45, 2.75) is 25.7 Å². The molecule has 0 amide bonds. The van der Waals surface area contributed by atoms with Crippen molar-refractivity contribution in [2.24, 2.45) is 7.05 Å². The molecule has 3 aromatic heterocycles. The van der Waals surface area contributed by atoms with E-state index in [-0.39, 0.29) is 23.7 Å². The summed E-state index contributed by atoms with van der Waals surface area (Å²) in [6, 6.07) is 14.7. The van der Waals surface area contributed by atoms with E-state index in [1.54, 1.807) is 24.3 Å². The standard InChI is InChI=1S/C25H22ClF3N6O2/c1-33-22(36)20-21(35(24(33)37)14-25(27,28)29)32-23(34(20)13-15-6-8-17(26)9-7-15)30-11-10-16-12-31-19-5-3-2-4-18(16)19/h2-9,12,31H,10-11,13-14H2,1H3,(H,30,32). The number of nitrogens with zero attached hydrogens (tertiary/aromatic N) is 4. The van der Waals surface area contributed by atoms with Gasteiger partial charge >= 0.3 is 11.9 Å². The Kier molecular flexibility index (Phi) is 6.32. The van der Waals surface area contributed by atoms with Crippen molar-refractivity contribution in [3.8, 4) is 0 Å². The summed E-state index contributed by atoms with van der Waals surface area (Å²) in [6.07, 6.45) is -2.20. The summed E-state index contributed by atoms with van der Waals surface area (Å²) in [5, 5.41) is 4.74. The topological polar surface area (TPSA) is 89.6 Å². The van der Waals surface area contributed by atoms with Gasteiger partial charge in [-0.1, -0.05) is 41.9 Å². The molecule has 0 saturated heterocycles. The maximum absolute atomic E-state index is 13.3. The SMILES string of the molecule is Cn1c(=O)c2c(nc(NCCc3c[nH]c4ccccc34)n2Cc2ccc(Cl)cc2)n(CC(F)(F)F)c1=O. The highest BCUT2D eigenvalue weighted by atomic mass is 35.5. The number of anilines is 1. The van der Waals surface area contributed by atoms with Crippen LogP contribution in [-0.2, 0) is 26.6 Å². The minimum atomic E-state index is -4.68. The van der Waals surface area contributed by atoms with Gasteiger partial charge in [0.2, 0.25) is 5.95 Å². The number of aromatic nitrogens is 5. The number of rotatable bonds is 7. The molecule has 0 saturated carbocycles. The van der Waals surface area contributed by atoms with Gasteiger partial charge in [0.25, 0.3) is 5.56 Å². The van der Waals surface area contributed by atoms with E-state index in [0.29, 0.717) is 27.1 Å². The first-order valence-corrected chi connectivity index (χ1v) is 11.8. The van der Waals surface area contributed by atoms with Crippen LogP contribution in [0, 0.1) is 0 Å². The monoisotopic (exact) mass is 530 g/mol. The van der Waals surface area contributed by atoms with Gasteiger partial charge < -0.3 is 10.3 Å². The number of hydrogen-bond acceptors (Lipinski definition) is 4. The lowest BCUT2D eigenvalue weighted by Gasteiger charge is -2.13. The maximum atomic E-state index is 13.3. The van der Waals surface area contributed by atoms with Crippen LogP contribution in [0.3, 0.4) is 0 Å². The minimum Gasteiger partial charge on any atom is -0.361 e. The molecule has 12 heteroatoms. The van der Waals surface area contributed by atoms with Crippen molar-refractivity contribution in [2.75, 3.05) is 11.9 Å². The normalized spacial score (nSPS) is 12.0. The molecule has 0 aliphatic heterocycles. The Morgan fingerprint density at radius 2 is 1.78 bits per heavy atom. The molecule has 8 nitrogen and oxygen atoms in total. The number of para-hydroxylation sites is 1. The summed E-state index contributed by atoms with van der Waals surface area (Å²) in [5.74, 6) is 0.184. The molecular formula is C25H22ClF3N6O2. The van der Waals surface area contributed by atoms with Crippen molar-refractivity contribution in [1.82, 2.24) is 23.7 Å². The molecule has 0 aliphatic carbocycles. The second kappa shape index (κ2) is 9.47. The molecule has 0 radical (unpaired) electrons. The first kappa shape index (κ1) is 24.7. The van der Waals surface area contributed by atoms with Gasteiger partial charge in [-0.05, 0) is 35.7 Å². The summed E-state index contributed by atoms with van der Waals surface area (Å²) >= 11 is 5.99. The van der Waals surface area contributed by atoms with E-state index in [2.05, 4.69) is 15.3 Å². The molecule has 192 valence electrons. The van der Waals surface area contributed by atoms with E-state index < -0.39 is 24.0 Å². The van der Waals surface area contributed by atoms with Gasteiger partial charge in [-0.2, -0.15) is 18.2 Å². The molecule has 0 spiro atoms. The van der Waals surface area contributed by atoms with Crippen LogP contribution in [0.4, 0.5) is 19.1 Å². The summed E-state index contributed by atoms with van der Waals surface area (Å²) < 4.78 is 42.7. The average Bonchev–Trinajstić information content (AvgIpc) is 3.43. The number of halogens is 4. The Morgan fingerprint density at radius 1 is 1.05 bits per heavy atom. The van der Waals surface area contributed by atoms with Crippen molar-refractivity contribution in [1.29, 1.82) is 0 Å². The number of imidazole rings is 1. The molecule has 5 rings (SSSR count). The van der Waals surface area contributed by atoms with Crippen LogP contribution in [0.25, 0.3) is 22.1 Å². The predicted molar refractivity (Wildman–Crippen MR) is 136 cm³/mol. The van der Waals surface area contributed by atoms with Gasteiger partial charge in [0.1, 0.15) is 6.54 Å². The zero-order chi connectivity index (χ0) is 26.3. The largest absolute Gasteiger partial charge is 0.406 e. The van der Waals surface area contributed by atoms with Gasteiger partial charge in [0.05, 0.1) is 6.54 Å². The van der Waals surface area contributed by atoms with Gasteiger partial charge in [0.15, 0.2) is 11.2 Å². The molecule has 0 aliphatic rings. The highest BCUT2D eigenvalue weighted by Gasteiger charge is 2.32. The number of H-pyrrole nitrogens is 1. The van der Waals surface area contributed by atoms with Gasteiger partial charge in [-0.15, -0.1) is 0 Å². The second-order valence-corrected chi connectivity index (χ2v) is 9.14. The highest BCUT2D eigenvalue weighted by molar-refractivity contribution is 6.30. The Labute approximate surface area is 212 Å². The van der Waals surface area contributed by atoms with Gasteiger partial charge in [-0.3, -0.25) is 18.5 Å². The molecule has 0 unspecified atom stereocenters. The van der Waals surface area contributed by atoms with E-state index >= 15 is 0 Å². The van der Waals surface area contributed by atoms with Crippen LogP contribution >= 0.6 is 11.6 Å². The quantitative estimate of drug-likeness (QED) is 0.328. The molecule has 2 aromatic carbocycles. The van der Waals surface area contributed by atoms with Crippen molar-refractivity contribution in [3.05, 3.63) is 91.7 Å². The van der Waals surface area contributed by atoms with Crippen molar-refractivity contribution in [3.63, 3.8) is 0 Å². The van der Waals surface area contributed by atoms with E-state index in [0.717, 1.165) is 29.1 Å². The summed E-state index contributed by atoms with van der Waals surface area (Å²) in [7, 11) is 1.15. The smallest absolute Gasteiger partial charge is 0.361 e. The average molecular weight is 531 g/mol. The van der Waals surface area contributed by atoms with Crippen LogP contribution in [0.15, 0.2) is 64.3 Å². The molecule has 0 bridgehead atoms. The lowest BCUT2D eigenvalue weighted by Crippen LogP contribution is -2.41. The summed E-state index contributed by atoms with van der Waals surface area (Å²) in [6.45, 7) is -1.05. The predicted octanol–water partition coefficient (Wildman–Crippen LogP) is 4.30. The second-order valence-electron chi connectivity index (χ2n) is 8.70. The number of aromatic amines is 1. The fourth-order valence-electron chi connectivity index (χ4n) is 4.39. The summed E-state index contributed by atoms with van der Waals surface area (Å²) in [5.41, 5.74) is 0.547. The van der Waals surface area contributed by atoms with Crippen molar-refractivity contribution >= 4 is 39.6 Å². The molecule has 5 aromatic rings. The molecule has 2 N–H and O–H groups in total. The fraction of sp³-hybridized carbons (Fsp3) is 0.240. The first-order chi connectivity index (χ1) is 17.6. The van der Waals surface area contributed by atoms with Crippen LogP contribution in [0.5, 0.6) is 0 Å². The highest BCUT2D eigenvalue weighted by Crippen LogP contribution is 2.23. The Balaban J connectivity index is 1.58. The van der Waals surface area contributed by atoms with Crippen LogP contribution in [-0.4, -0.2) is 36.4 Å². The third-order valence-electron chi connectivity index (χ3n) is 6.17. The molecule has 0 fully saturated rings. The first-order valence-electron chi connectivity index (χ1n) is 11.4. The van der Waals surface area contributed by atoms with Gasteiger partial charge in [-0.25, -0.2) is 4.79 Å². The summed E-state index contributed by atoms with van der Waals surface area (Å²) in [4.78, 5) is 33.3. The maximum Gasteiger partial charge on any atom is 0.406 e. The number of hydrogen-bond donors (Lipinski definition) is 2. The third kappa shape index (κ3) is 4.86. The Morgan fingerprint density at radius 3 is 2.51 bits per heavy atom.